The summed E-state index contributed by atoms with van der Waals surface area (Å²) >= 11 is 0. The predicted octanol–water partition coefficient (Wildman–Crippen LogP) is 3.19. The van der Waals surface area contributed by atoms with E-state index in [1.807, 2.05) is 31.2 Å². The summed E-state index contributed by atoms with van der Waals surface area (Å²) in [7, 11) is 0. The lowest BCUT2D eigenvalue weighted by atomic mass is 9.76. The van der Waals surface area contributed by atoms with Gasteiger partial charge in [-0.1, -0.05) is 13.3 Å². The second-order valence-electron chi connectivity index (χ2n) is 5.72. The summed E-state index contributed by atoms with van der Waals surface area (Å²) in [5, 5.41) is 6.44. The molecule has 2 rings (SSSR count). The molecule has 21 heavy (non-hydrogen) atoms. The van der Waals surface area contributed by atoms with Crippen molar-refractivity contribution in [1.29, 1.82) is 0 Å². The van der Waals surface area contributed by atoms with Crippen LogP contribution in [0.5, 0.6) is 5.75 Å². The van der Waals surface area contributed by atoms with Gasteiger partial charge in [0.25, 0.3) is 0 Å². The molecular formula is C17H26N2O2. The minimum Gasteiger partial charge on any atom is -0.494 e. The fourth-order valence-electron chi connectivity index (χ4n) is 3.03. The summed E-state index contributed by atoms with van der Waals surface area (Å²) in [6.45, 7) is 6.54. The predicted molar refractivity (Wildman–Crippen MR) is 85.7 cm³/mol. The average Bonchev–Trinajstić information content (AvgIpc) is 2.51. The van der Waals surface area contributed by atoms with Gasteiger partial charge in [-0.25, -0.2) is 0 Å². The van der Waals surface area contributed by atoms with E-state index in [9.17, 15) is 4.79 Å². The lowest BCUT2D eigenvalue weighted by Crippen LogP contribution is -2.48. The van der Waals surface area contributed by atoms with Gasteiger partial charge in [0.15, 0.2) is 0 Å². The maximum absolute atomic E-state index is 12.7. The molecule has 4 heteroatoms. The van der Waals surface area contributed by atoms with Crippen LogP contribution in [0, 0.1) is 5.41 Å². The molecule has 0 aliphatic carbocycles. The van der Waals surface area contributed by atoms with Crippen LogP contribution >= 0.6 is 0 Å². The van der Waals surface area contributed by atoms with E-state index in [0.717, 1.165) is 50.2 Å². The van der Waals surface area contributed by atoms with Crippen molar-refractivity contribution in [1.82, 2.24) is 5.32 Å². The molecule has 1 aromatic carbocycles. The van der Waals surface area contributed by atoms with Crippen molar-refractivity contribution in [2.24, 2.45) is 5.41 Å². The molecule has 1 heterocycles. The van der Waals surface area contributed by atoms with Gasteiger partial charge in [0.2, 0.25) is 5.91 Å². The van der Waals surface area contributed by atoms with Gasteiger partial charge in [-0.2, -0.15) is 0 Å². The van der Waals surface area contributed by atoms with Crippen molar-refractivity contribution >= 4 is 11.6 Å². The highest BCUT2D eigenvalue weighted by atomic mass is 16.5. The van der Waals surface area contributed by atoms with Crippen LogP contribution in [0.1, 0.15) is 39.5 Å². The number of carbonyl (C=O) groups excluding carboxylic acids is 1. The molecule has 1 amide bonds. The first kappa shape index (κ1) is 15.8. The topological polar surface area (TPSA) is 50.4 Å². The summed E-state index contributed by atoms with van der Waals surface area (Å²) < 4.78 is 5.42. The normalized spacial score (nSPS) is 21.8. The number of nitrogens with one attached hydrogen (secondary N) is 2. The summed E-state index contributed by atoms with van der Waals surface area (Å²) in [4.78, 5) is 12.7. The largest absolute Gasteiger partial charge is 0.494 e. The molecule has 1 aliphatic rings. The molecule has 0 spiro atoms. The molecule has 0 aromatic heterocycles. The van der Waals surface area contributed by atoms with Crippen LogP contribution in [-0.4, -0.2) is 25.6 Å². The molecule has 1 aliphatic heterocycles. The van der Waals surface area contributed by atoms with Crippen LogP contribution in [0.15, 0.2) is 24.3 Å². The Kier molecular flexibility index (Phi) is 5.62. The van der Waals surface area contributed by atoms with Crippen molar-refractivity contribution in [2.45, 2.75) is 39.5 Å². The van der Waals surface area contributed by atoms with Gasteiger partial charge >= 0.3 is 0 Å². The maximum Gasteiger partial charge on any atom is 0.231 e. The van der Waals surface area contributed by atoms with E-state index in [-0.39, 0.29) is 11.3 Å². The Labute approximate surface area is 127 Å². The van der Waals surface area contributed by atoms with Crippen LogP contribution in [0.4, 0.5) is 5.69 Å². The lowest BCUT2D eigenvalue weighted by molar-refractivity contribution is -0.127. The number of rotatable bonds is 6. The van der Waals surface area contributed by atoms with Crippen molar-refractivity contribution in [2.75, 3.05) is 25.0 Å². The minimum absolute atomic E-state index is 0.140. The Bertz CT molecular complexity index is 445. The van der Waals surface area contributed by atoms with Crippen molar-refractivity contribution in [3.8, 4) is 5.75 Å². The average molecular weight is 290 g/mol. The van der Waals surface area contributed by atoms with Crippen molar-refractivity contribution in [3.05, 3.63) is 24.3 Å². The SMILES string of the molecule is CCCC1(C(=O)Nc2ccc(OCC)cc2)CCCNC1. The number of hydrogen-bond donors (Lipinski definition) is 2. The van der Waals surface area contributed by atoms with E-state index in [0.29, 0.717) is 6.61 Å². The van der Waals surface area contributed by atoms with E-state index in [2.05, 4.69) is 17.6 Å². The Morgan fingerprint density at radius 1 is 1.33 bits per heavy atom. The van der Waals surface area contributed by atoms with Gasteiger partial charge in [-0.15, -0.1) is 0 Å². The van der Waals surface area contributed by atoms with Crippen molar-refractivity contribution < 1.29 is 9.53 Å². The molecule has 1 atom stereocenters. The van der Waals surface area contributed by atoms with Gasteiger partial charge in [0.05, 0.1) is 12.0 Å². The lowest BCUT2D eigenvalue weighted by Gasteiger charge is -2.36. The molecule has 1 unspecified atom stereocenters. The maximum atomic E-state index is 12.7. The third-order valence-electron chi connectivity index (χ3n) is 4.11. The molecule has 0 radical (unpaired) electrons. The summed E-state index contributed by atoms with van der Waals surface area (Å²) in [5.74, 6) is 0.971. The van der Waals surface area contributed by atoms with E-state index in [4.69, 9.17) is 4.74 Å². The Morgan fingerprint density at radius 2 is 2.10 bits per heavy atom. The van der Waals surface area contributed by atoms with E-state index in [1.54, 1.807) is 0 Å². The van der Waals surface area contributed by atoms with Gasteiger partial charge in [-0.05, 0) is 57.0 Å². The van der Waals surface area contributed by atoms with Gasteiger partial charge in [0.1, 0.15) is 5.75 Å². The third-order valence-corrected chi connectivity index (χ3v) is 4.11. The smallest absolute Gasteiger partial charge is 0.231 e. The summed E-state index contributed by atoms with van der Waals surface area (Å²) in [6, 6.07) is 7.59. The number of anilines is 1. The first-order valence-electron chi connectivity index (χ1n) is 7.95. The number of amides is 1. The zero-order chi connectivity index (χ0) is 15.1. The molecule has 0 saturated carbocycles. The highest BCUT2D eigenvalue weighted by Crippen LogP contribution is 2.33. The molecule has 1 saturated heterocycles. The third kappa shape index (κ3) is 3.97. The highest BCUT2D eigenvalue weighted by molar-refractivity contribution is 5.95. The summed E-state index contributed by atoms with van der Waals surface area (Å²) in [6.07, 6.45) is 3.99. The zero-order valence-corrected chi connectivity index (χ0v) is 13.1. The fourth-order valence-corrected chi connectivity index (χ4v) is 3.03. The van der Waals surface area contributed by atoms with Crippen LogP contribution in [-0.2, 0) is 4.79 Å². The molecule has 2 N–H and O–H groups in total. The number of carbonyl (C=O) groups is 1. The Balaban J connectivity index is 2.04. The first-order valence-corrected chi connectivity index (χ1v) is 7.95. The molecule has 116 valence electrons. The molecule has 4 nitrogen and oxygen atoms in total. The second kappa shape index (κ2) is 7.46. The van der Waals surface area contributed by atoms with Gasteiger partial charge in [-0.3, -0.25) is 4.79 Å². The number of benzene rings is 1. The molecular weight excluding hydrogens is 264 g/mol. The van der Waals surface area contributed by atoms with Crippen molar-refractivity contribution in [3.63, 3.8) is 0 Å². The Hall–Kier alpha value is -1.55. The van der Waals surface area contributed by atoms with Crippen LogP contribution in [0.2, 0.25) is 0 Å². The standard InChI is InChI=1S/C17H26N2O2/c1-3-10-17(11-5-12-18-13-17)16(20)19-14-6-8-15(9-7-14)21-4-2/h6-9,18H,3-5,10-13H2,1-2H3,(H,19,20). The zero-order valence-electron chi connectivity index (χ0n) is 13.1. The number of piperidine rings is 1. The highest BCUT2D eigenvalue weighted by Gasteiger charge is 2.38. The number of ether oxygens (including phenoxy) is 1. The van der Waals surface area contributed by atoms with Crippen LogP contribution < -0.4 is 15.4 Å². The molecule has 1 aromatic rings. The molecule has 0 bridgehead atoms. The van der Waals surface area contributed by atoms with Crippen LogP contribution in [0.25, 0.3) is 0 Å². The minimum atomic E-state index is -0.258. The molecule has 1 fully saturated rings. The Morgan fingerprint density at radius 3 is 2.67 bits per heavy atom. The summed E-state index contributed by atoms with van der Waals surface area (Å²) in [5.41, 5.74) is 0.579. The van der Waals surface area contributed by atoms with E-state index in [1.165, 1.54) is 0 Å². The van der Waals surface area contributed by atoms with E-state index >= 15 is 0 Å². The van der Waals surface area contributed by atoms with E-state index < -0.39 is 0 Å². The quantitative estimate of drug-likeness (QED) is 0.846. The number of hydrogen-bond acceptors (Lipinski definition) is 3. The van der Waals surface area contributed by atoms with Crippen LogP contribution in [0.3, 0.4) is 0 Å². The fraction of sp³-hybridized carbons (Fsp3) is 0.588. The first-order chi connectivity index (χ1) is 10.2. The van der Waals surface area contributed by atoms with Gasteiger partial charge < -0.3 is 15.4 Å². The second-order valence-corrected chi connectivity index (χ2v) is 5.72. The van der Waals surface area contributed by atoms with Gasteiger partial charge in [0, 0.05) is 12.2 Å². The monoisotopic (exact) mass is 290 g/mol.